The van der Waals surface area contributed by atoms with E-state index in [0.717, 1.165) is 5.69 Å². The summed E-state index contributed by atoms with van der Waals surface area (Å²) in [5, 5.41) is 5.28. The molecule has 4 nitrogen and oxygen atoms in total. The zero-order valence-electron chi connectivity index (χ0n) is 8.40. The topological polar surface area (TPSA) is 58.2 Å². The van der Waals surface area contributed by atoms with Crippen molar-refractivity contribution in [2.75, 3.05) is 11.1 Å². The number of nitrogens with one attached hydrogen (secondary N) is 2. The molecule has 0 saturated heterocycles. The molecule has 0 saturated carbocycles. The maximum atomic E-state index is 11.5. The highest BCUT2D eigenvalue weighted by Gasteiger charge is 2.14. The van der Waals surface area contributed by atoms with Crippen LogP contribution < -0.4 is 10.6 Å². The maximum absolute atomic E-state index is 11.5. The molecule has 1 aromatic carbocycles. The first kappa shape index (κ1) is 10.8. The van der Waals surface area contributed by atoms with Crippen molar-refractivity contribution < 1.29 is 9.59 Å². The van der Waals surface area contributed by atoms with Gasteiger partial charge in [-0.1, -0.05) is 30.0 Å². The van der Waals surface area contributed by atoms with Crippen molar-refractivity contribution in [3.05, 3.63) is 42.1 Å². The van der Waals surface area contributed by atoms with Gasteiger partial charge >= 0.3 is 6.03 Å². The molecular weight excluding hydrogens is 224 g/mol. The molecule has 0 aliphatic carbocycles. The normalized spacial score (nSPS) is 14.5. The third kappa shape index (κ3) is 2.87. The average Bonchev–Trinajstić information content (AvgIpc) is 2.65. The Balaban J connectivity index is 1.90. The summed E-state index contributed by atoms with van der Waals surface area (Å²) in [5.41, 5.74) is 1.36. The number of carbonyl (C=O) groups is 2. The van der Waals surface area contributed by atoms with Gasteiger partial charge in [0.1, 0.15) is 0 Å². The third-order valence-corrected chi connectivity index (χ3v) is 2.83. The van der Waals surface area contributed by atoms with Crippen LogP contribution in [0.25, 0.3) is 0 Å². The van der Waals surface area contributed by atoms with Crippen LogP contribution in [-0.4, -0.2) is 16.9 Å². The van der Waals surface area contributed by atoms with E-state index in [-0.39, 0.29) is 11.1 Å². The largest absolute Gasteiger partial charge is 0.323 e. The summed E-state index contributed by atoms with van der Waals surface area (Å²) >= 11 is 1.18. The van der Waals surface area contributed by atoms with E-state index in [1.165, 1.54) is 17.8 Å². The van der Waals surface area contributed by atoms with E-state index in [1.807, 2.05) is 18.2 Å². The van der Waals surface area contributed by atoms with Gasteiger partial charge in [-0.25, -0.2) is 4.79 Å². The summed E-state index contributed by atoms with van der Waals surface area (Å²) < 4.78 is 0. The molecule has 0 aromatic heterocycles. The first-order valence-electron chi connectivity index (χ1n) is 4.74. The monoisotopic (exact) mass is 234 g/mol. The van der Waals surface area contributed by atoms with Gasteiger partial charge in [0.2, 0.25) is 5.12 Å². The van der Waals surface area contributed by atoms with E-state index in [4.69, 9.17) is 0 Å². The number of hydrogen-bond donors (Lipinski definition) is 2. The Hall–Kier alpha value is -1.75. The van der Waals surface area contributed by atoms with Gasteiger partial charge in [-0.3, -0.25) is 4.79 Å². The van der Waals surface area contributed by atoms with Crippen molar-refractivity contribution in [2.45, 2.75) is 0 Å². The Morgan fingerprint density at radius 2 is 1.94 bits per heavy atom. The SMILES string of the molecule is O=C(NC1=CC(=O)SC1)Nc1ccccc1. The second-order valence-corrected chi connectivity index (χ2v) is 4.20. The van der Waals surface area contributed by atoms with Gasteiger partial charge in [0.25, 0.3) is 0 Å². The van der Waals surface area contributed by atoms with Gasteiger partial charge in [-0.05, 0) is 12.1 Å². The Labute approximate surface area is 97.1 Å². The number of carbonyl (C=O) groups excluding carboxylic acids is 2. The van der Waals surface area contributed by atoms with Crippen LogP contribution in [0.1, 0.15) is 0 Å². The summed E-state index contributed by atoms with van der Waals surface area (Å²) in [6, 6.07) is 8.81. The predicted octanol–water partition coefficient (Wildman–Crippen LogP) is 1.97. The van der Waals surface area contributed by atoms with Gasteiger partial charge < -0.3 is 10.6 Å². The summed E-state index contributed by atoms with van der Waals surface area (Å²) in [7, 11) is 0. The average molecular weight is 234 g/mol. The number of hydrogen-bond acceptors (Lipinski definition) is 3. The molecule has 0 bridgehead atoms. The lowest BCUT2D eigenvalue weighted by molar-refractivity contribution is -0.106. The lowest BCUT2D eigenvalue weighted by atomic mass is 10.3. The van der Waals surface area contributed by atoms with Gasteiger partial charge in [0, 0.05) is 23.2 Å². The molecule has 0 spiro atoms. The summed E-state index contributed by atoms with van der Waals surface area (Å²) in [6.07, 6.45) is 1.44. The Kier molecular flexibility index (Phi) is 3.26. The van der Waals surface area contributed by atoms with E-state index in [2.05, 4.69) is 10.6 Å². The quantitative estimate of drug-likeness (QED) is 0.822. The molecule has 1 aliphatic heterocycles. The Bertz CT molecular complexity index is 443. The molecule has 0 fully saturated rings. The van der Waals surface area contributed by atoms with Gasteiger partial charge in [-0.15, -0.1) is 0 Å². The highest BCUT2D eigenvalue weighted by molar-refractivity contribution is 8.14. The molecule has 2 amide bonds. The fraction of sp³-hybridized carbons (Fsp3) is 0.0909. The van der Waals surface area contributed by atoms with E-state index in [0.29, 0.717) is 11.4 Å². The highest BCUT2D eigenvalue weighted by Crippen LogP contribution is 2.16. The van der Waals surface area contributed by atoms with Crippen molar-refractivity contribution in [2.24, 2.45) is 0 Å². The number of rotatable bonds is 2. The minimum absolute atomic E-state index is 0.0185. The number of anilines is 1. The molecule has 2 N–H and O–H groups in total. The molecule has 2 rings (SSSR count). The number of para-hydroxylation sites is 1. The minimum atomic E-state index is -0.326. The van der Waals surface area contributed by atoms with Crippen LogP contribution >= 0.6 is 11.8 Å². The van der Waals surface area contributed by atoms with Crippen LogP contribution in [0.2, 0.25) is 0 Å². The zero-order chi connectivity index (χ0) is 11.4. The van der Waals surface area contributed by atoms with Crippen LogP contribution in [0.3, 0.4) is 0 Å². The maximum Gasteiger partial charge on any atom is 0.323 e. The fourth-order valence-corrected chi connectivity index (χ4v) is 1.96. The number of benzene rings is 1. The van der Waals surface area contributed by atoms with Gasteiger partial charge in [-0.2, -0.15) is 0 Å². The Morgan fingerprint density at radius 1 is 1.19 bits per heavy atom. The molecule has 0 radical (unpaired) electrons. The molecule has 0 atom stereocenters. The van der Waals surface area contributed by atoms with Crippen molar-refractivity contribution in [1.82, 2.24) is 5.32 Å². The molecule has 1 heterocycles. The summed E-state index contributed by atoms with van der Waals surface area (Å²) in [4.78, 5) is 22.4. The third-order valence-electron chi connectivity index (χ3n) is 1.97. The smallest absolute Gasteiger partial charge is 0.310 e. The molecule has 16 heavy (non-hydrogen) atoms. The molecule has 0 unspecified atom stereocenters. The fourth-order valence-electron chi connectivity index (χ4n) is 1.28. The second-order valence-electron chi connectivity index (χ2n) is 3.22. The van der Waals surface area contributed by atoms with Crippen molar-refractivity contribution in [1.29, 1.82) is 0 Å². The van der Waals surface area contributed by atoms with Crippen LogP contribution in [0.5, 0.6) is 0 Å². The van der Waals surface area contributed by atoms with Crippen molar-refractivity contribution in [3.63, 3.8) is 0 Å². The summed E-state index contributed by atoms with van der Waals surface area (Å²) in [5.74, 6) is 0.529. The number of urea groups is 1. The van der Waals surface area contributed by atoms with Crippen LogP contribution in [0.15, 0.2) is 42.1 Å². The lowest BCUT2D eigenvalue weighted by Gasteiger charge is -2.06. The van der Waals surface area contributed by atoms with Crippen LogP contribution in [0, 0.1) is 0 Å². The minimum Gasteiger partial charge on any atom is -0.310 e. The Morgan fingerprint density at radius 3 is 2.56 bits per heavy atom. The van der Waals surface area contributed by atoms with Crippen LogP contribution in [-0.2, 0) is 4.79 Å². The molecule has 1 aromatic rings. The predicted molar refractivity (Wildman–Crippen MR) is 64.1 cm³/mol. The highest BCUT2D eigenvalue weighted by atomic mass is 32.2. The molecule has 1 aliphatic rings. The molecule has 82 valence electrons. The standard InChI is InChI=1S/C11H10N2O2S/c14-10-6-9(7-16-10)13-11(15)12-8-4-2-1-3-5-8/h1-6H,7H2,(H2,12,13,15). The van der Waals surface area contributed by atoms with E-state index >= 15 is 0 Å². The number of thioether (sulfide) groups is 1. The first-order chi connectivity index (χ1) is 7.74. The lowest BCUT2D eigenvalue weighted by Crippen LogP contribution is -2.28. The zero-order valence-corrected chi connectivity index (χ0v) is 9.21. The first-order valence-corrected chi connectivity index (χ1v) is 5.73. The van der Waals surface area contributed by atoms with E-state index in [1.54, 1.807) is 12.1 Å². The van der Waals surface area contributed by atoms with Crippen molar-refractivity contribution in [3.8, 4) is 0 Å². The van der Waals surface area contributed by atoms with E-state index in [9.17, 15) is 9.59 Å². The molecular formula is C11H10N2O2S. The van der Waals surface area contributed by atoms with Crippen LogP contribution in [0.4, 0.5) is 10.5 Å². The van der Waals surface area contributed by atoms with Gasteiger partial charge in [0.05, 0.1) is 0 Å². The van der Waals surface area contributed by atoms with Crippen molar-refractivity contribution >= 4 is 28.6 Å². The second kappa shape index (κ2) is 4.85. The molecule has 5 heteroatoms. The number of amides is 2. The van der Waals surface area contributed by atoms with Gasteiger partial charge in [0.15, 0.2) is 0 Å². The summed E-state index contributed by atoms with van der Waals surface area (Å²) in [6.45, 7) is 0. The van der Waals surface area contributed by atoms with E-state index < -0.39 is 0 Å².